The molecule has 0 unspecified atom stereocenters. The molecule has 1 heterocycles. The lowest BCUT2D eigenvalue weighted by Crippen LogP contribution is -2.30. The van der Waals surface area contributed by atoms with Gasteiger partial charge in [-0.2, -0.15) is 0 Å². The molecule has 1 rings (SSSR count). The normalized spacial score (nSPS) is 10.8. The fourth-order valence-corrected chi connectivity index (χ4v) is 2.82. The molecule has 0 bridgehead atoms. The molecule has 142 valence electrons. The number of rotatable bonds is 15. The van der Waals surface area contributed by atoms with Gasteiger partial charge in [-0.3, -0.25) is 0 Å². The van der Waals surface area contributed by atoms with Gasteiger partial charge in [0.15, 0.2) is 0 Å². The Bertz CT molecular complexity index is 494. The summed E-state index contributed by atoms with van der Waals surface area (Å²) in [7, 11) is 0. The first-order valence-corrected chi connectivity index (χ1v) is 10.0. The summed E-state index contributed by atoms with van der Waals surface area (Å²) in [4.78, 5) is 11.2. The number of imidazole rings is 1. The third-order valence-electron chi connectivity index (χ3n) is 4.41. The molecular weight excluding hydrogens is 312 g/mol. The third kappa shape index (κ3) is 10.8. The number of hydrogen-bond acceptors (Lipinski definition) is 2. The Morgan fingerprint density at radius 2 is 1.72 bits per heavy atom. The van der Waals surface area contributed by atoms with Gasteiger partial charge in [-0.15, -0.1) is 0 Å². The maximum absolute atomic E-state index is 11.2. The molecule has 0 atom stereocenters. The van der Waals surface area contributed by atoms with Crippen molar-refractivity contribution in [3.63, 3.8) is 0 Å². The average molecular weight is 350 g/mol. The van der Waals surface area contributed by atoms with Crippen LogP contribution in [-0.4, -0.2) is 17.1 Å². The minimum absolute atomic E-state index is 0.269. The molecule has 0 aliphatic heterocycles. The number of aromatic nitrogens is 2. The maximum atomic E-state index is 11.2. The maximum Gasteiger partial charge on any atom is 0.333 e. The lowest BCUT2D eigenvalue weighted by atomic mass is 10.1. The van der Waals surface area contributed by atoms with Crippen molar-refractivity contribution in [3.8, 4) is 0 Å². The highest BCUT2D eigenvalue weighted by atomic mass is 16.5. The van der Waals surface area contributed by atoms with Crippen molar-refractivity contribution in [3.05, 3.63) is 30.9 Å². The van der Waals surface area contributed by atoms with Crippen LogP contribution in [0.3, 0.4) is 0 Å². The quantitative estimate of drug-likeness (QED) is 0.197. The smallest absolute Gasteiger partial charge is 0.333 e. The Labute approximate surface area is 153 Å². The highest BCUT2D eigenvalue weighted by Gasteiger charge is 2.04. The van der Waals surface area contributed by atoms with E-state index in [0.29, 0.717) is 12.2 Å². The van der Waals surface area contributed by atoms with Gasteiger partial charge in [0.1, 0.15) is 12.4 Å². The van der Waals surface area contributed by atoms with Crippen LogP contribution < -0.4 is 4.57 Å². The highest BCUT2D eigenvalue weighted by Crippen LogP contribution is 2.06. The van der Waals surface area contributed by atoms with Crippen LogP contribution in [0, 0.1) is 0 Å². The second-order valence-corrected chi connectivity index (χ2v) is 6.99. The number of unbranched alkanes of at least 4 members (excludes halogenated alkanes) is 8. The standard InChI is InChI=1S/C21H37N2O2/c1-4-5-6-11-14-22-16-17-23(19-22)15-12-9-7-8-10-13-18-25-21(24)20(2)3/h16-17,19H,2,4-15,18H2,1,3H3/q+1. The van der Waals surface area contributed by atoms with Crippen molar-refractivity contribution in [1.82, 2.24) is 4.57 Å². The van der Waals surface area contributed by atoms with Gasteiger partial charge in [0.2, 0.25) is 6.33 Å². The molecule has 4 heteroatoms. The van der Waals surface area contributed by atoms with E-state index in [2.05, 4.69) is 41.4 Å². The molecule has 1 aromatic rings. The predicted molar refractivity (Wildman–Crippen MR) is 102 cm³/mol. The summed E-state index contributed by atoms with van der Waals surface area (Å²) in [6.45, 7) is 10.3. The van der Waals surface area contributed by atoms with E-state index in [4.69, 9.17) is 4.74 Å². The fourth-order valence-electron chi connectivity index (χ4n) is 2.82. The van der Waals surface area contributed by atoms with Gasteiger partial charge >= 0.3 is 5.97 Å². The summed E-state index contributed by atoms with van der Waals surface area (Å²) in [6, 6.07) is 0. The van der Waals surface area contributed by atoms with Crippen molar-refractivity contribution in [1.29, 1.82) is 0 Å². The first kappa shape index (κ1) is 21.5. The molecule has 1 aromatic heterocycles. The van der Waals surface area contributed by atoms with E-state index in [1.165, 1.54) is 51.4 Å². The van der Waals surface area contributed by atoms with E-state index in [0.717, 1.165) is 25.9 Å². The van der Waals surface area contributed by atoms with Crippen LogP contribution in [0.4, 0.5) is 0 Å². The molecule has 0 aliphatic rings. The second-order valence-electron chi connectivity index (χ2n) is 6.99. The minimum Gasteiger partial charge on any atom is -0.462 e. The number of carbonyl (C=O) groups is 1. The van der Waals surface area contributed by atoms with Crippen LogP contribution in [0.1, 0.15) is 78.1 Å². The monoisotopic (exact) mass is 349 g/mol. The van der Waals surface area contributed by atoms with E-state index in [1.54, 1.807) is 6.92 Å². The van der Waals surface area contributed by atoms with Crippen molar-refractivity contribution >= 4 is 5.97 Å². The van der Waals surface area contributed by atoms with E-state index in [-0.39, 0.29) is 5.97 Å². The Morgan fingerprint density at radius 1 is 1.04 bits per heavy atom. The Balaban J connectivity index is 1.95. The Hall–Kier alpha value is -1.58. The van der Waals surface area contributed by atoms with Crippen molar-refractivity contribution in [2.45, 2.75) is 91.1 Å². The molecule has 0 N–H and O–H groups in total. The average Bonchev–Trinajstić information content (AvgIpc) is 3.04. The molecule has 4 nitrogen and oxygen atoms in total. The molecular formula is C21H37N2O2+. The number of aryl methyl sites for hydroxylation is 2. The zero-order chi connectivity index (χ0) is 18.3. The molecule has 0 amide bonds. The van der Waals surface area contributed by atoms with Crippen molar-refractivity contribution < 1.29 is 14.1 Å². The van der Waals surface area contributed by atoms with E-state index >= 15 is 0 Å². The zero-order valence-corrected chi connectivity index (χ0v) is 16.3. The summed E-state index contributed by atoms with van der Waals surface area (Å²) < 4.78 is 9.70. The van der Waals surface area contributed by atoms with Gasteiger partial charge in [-0.05, 0) is 39.0 Å². The summed E-state index contributed by atoms with van der Waals surface area (Å²) in [5.74, 6) is -0.269. The number of carbonyl (C=O) groups excluding carboxylic acids is 1. The lowest BCUT2D eigenvalue weighted by Gasteiger charge is -2.04. The summed E-state index contributed by atoms with van der Waals surface area (Å²) in [6.07, 6.45) is 18.9. The highest BCUT2D eigenvalue weighted by molar-refractivity contribution is 5.86. The Morgan fingerprint density at radius 3 is 2.44 bits per heavy atom. The van der Waals surface area contributed by atoms with E-state index in [9.17, 15) is 4.79 Å². The molecule has 0 saturated heterocycles. The van der Waals surface area contributed by atoms with Crippen LogP contribution in [0.15, 0.2) is 30.9 Å². The van der Waals surface area contributed by atoms with E-state index in [1.807, 2.05) is 0 Å². The van der Waals surface area contributed by atoms with Crippen LogP contribution in [0.25, 0.3) is 0 Å². The van der Waals surface area contributed by atoms with Gasteiger partial charge in [0, 0.05) is 5.57 Å². The molecule has 0 saturated carbocycles. The van der Waals surface area contributed by atoms with Gasteiger partial charge < -0.3 is 4.74 Å². The van der Waals surface area contributed by atoms with Gasteiger partial charge in [-0.25, -0.2) is 13.9 Å². The molecule has 0 fully saturated rings. The Kier molecular flexibility index (Phi) is 11.7. The SMILES string of the molecule is C=C(C)C(=O)OCCCCCCCC[n+]1ccn(CCCCCC)c1. The van der Waals surface area contributed by atoms with Gasteiger partial charge in [0.05, 0.1) is 19.7 Å². The lowest BCUT2D eigenvalue weighted by molar-refractivity contribution is -0.696. The minimum atomic E-state index is -0.269. The first-order chi connectivity index (χ1) is 12.1. The molecule has 25 heavy (non-hydrogen) atoms. The summed E-state index contributed by atoms with van der Waals surface area (Å²) >= 11 is 0. The second kappa shape index (κ2) is 13.7. The first-order valence-electron chi connectivity index (χ1n) is 10.0. The van der Waals surface area contributed by atoms with Crippen LogP contribution in [-0.2, 0) is 22.6 Å². The topological polar surface area (TPSA) is 35.1 Å². The van der Waals surface area contributed by atoms with Crippen LogP contribution in [0.5, 0.6) is 0 Å². The summed E-state index contributed by atoms with van der Waals surface area (Å²) in [5.41, 5.74) is 0.479. The van der Waals surface area contributed by atoms with Gasteiger partial charge in [-0.1, -0.05) is 45.6 Å². The molecule has 0 aromatic carbocycles. The molecule has 0 radical (unpaired) electrons. The fraction of sp³-hybridized carbons (Fsp3) is 0.714. The summed E-state index contributed by atoms with van der Waals surface area (Å²) in [5, 5.41) is 0. The molecule has 0 aliphatic carbocycles. The van der Waals surface area contributed by atoms with Gasteiger partial charge in [0.25, 0.3) is 0 Å². The zero-order valence-electron chi connectivity index (χ0n) is 16.3. The largest absolute Gasteiger partial charge is 0.462 e. The predicted octanol–water partition coefficient (Wildman–Crippen LogP) is 4.82. The van der Waals surface area contributed by atoms with Crippen molar-refractivity contribution in [2.75, 3.05) is 6.61 Å². The molecule has 0 spiro atoms. The number of esters is 1. The number of ether oxygens (including phenoxy) is 1. The van der Waals surface area contributed by atoms with Crippen LogP contribution in [0.2, 0.25) is 0 Å². The van der Waals surface area contributed by atoms with Crippen molar-refractivity contribution in [2.24, 2.45) is 0 Å². The third-order valence-corrected chi connectivity index (χ3v) is 4.41. The van der Waals surface area contributed by atoms with Crippen LogP contribution >= 0.6 is 0 Å². The number of nitrogens with zero attached hydrogens (tertiary/aromatic N) is 2. The van der Waals surface area contributed by atoms with E-state index < -0.39 is 0 Å². The number of hydrogen-bond donors (Lipinski definition) is 0.